The van der Waals surface area contributed by atoms with Gasteiger partial charge in [0.2, 0.25) is 5.41 Å². The Labute approximate surface area is 180 Å². The van der Waals surface area contributed by atoms with Gasteiger partial charge in [0, 0.05) is 0 Å². The second kappa shape index (κ2) is 9.16. The van der Waals surface area contributed by atoms with E-state index < -0.39 is 23.3 Å². The minimum Gasteiger partial charge on any atom is -0.468 e. The van der Waals surface area contributed by atoms with Gasteiger partial charge < -0.3 is 14.2 Å². The number of hydrogen-bond acceptors (Lipinski definition) is 7. The van der Waals surface area contributed by atoms with Gasteiger partial charge in [-0.1, -0.05) is 26.2 Å². The van der Waals surface area contributed by atoms with Gasteiger partial charge in [0.1, 0.15) is 5.92 Å². The molecule has 1 unspecified atom stereocenters. The third kappa shape index (κ3) is 3.60. The van der Waals surface area contributed by atoms with Crippen LogP contribution in [-0.4, -0.2) is 38.7 Å². The molecule has 0 aliphatic heterocycles. The third-order valence-corrected chi connectivity index (χ3v) is 6.40. The largest absolute Gasteiger partial charge is 0.468 e. The second-order valence-corrected chi connectivity index (χ2v) is 8.21. The van der Waals surface area contributed by atoms with E-state index in [0.29, 0.717) is 11.1 Å². The molecule has 2 aliphatic carbocycles. The molecule has 2 aliphatic rings. The van der Waals surface area contributed by atoms with E-state index in [4.69, 9.17) is 14.2 Å². The number of carbonyl (C=O) groups excluding carboxylic acids is 3. The molecule has 0 saturated heterocycles. The van der Waals surface area contributed by atoms with Crippen molar-refractivity contribution in [2.45, 2.75) is 46.0 Å². The Morgan fingerprint density at radius 1 is 1.03 bits per heavy atom. The normalized spacial score (nSPS) is 18.9. The summed E-state index contributed by atoms with van der Waals surface area (Å²) < 4.78 is 15.3. The van der Waals surface area contributed by atoms with Crippen molar-refractivity contribution in [3.63, 3.8) is 0 Å². The van der Waals surface area contributed by atoms with Crippen LogP contribution in [0.1, 0.15) is 51.5 Å². The first-order valence-corrected chi connectivity index (χ1v) is 11.3. The zero-order valence-corrected chi connectivity index (χ0v) is 18.7. The highest BCUT2D eigenvalue weighted by Crippen LogP contribution is 2.69. The molecule has 1 atom stereocenters. The van der Waals surface area contributed by atoms with Crippen molar-refractivity contribution >= 4 is 34.8 Å². The van der Waals surface area contributed by atoms with Crippen LogP contribution in [0.2, 0.25) is 0 Å². The number of unbranched alkanes of at least 4 members (excludes halogenated alkanes) is 3. The van der Waals surface area contributed by atoms with E-state index in [1.54, 1.807) is 6.92 Å². The molecule has 0 saturated carbocycles. The predicted molar refractivity (Wildman–Crippen MR) is 114 cm³/mol. The lowest BCUT2D eigenvalue weighted by molar-refractivity contribution is -0.159. The summed E-state index contributed by atoms with van der Waals surface area (Å²) in [6, 6.07) is 1.86. The summed E-state index contributed by atoms with van der Waals surface area (Å²) in [6.45, 7) is 4.19. The topological polar surface area (TPSA) is 78.9 Å². The number of rotatable bonds is 11. The summed E-state index contributed by atoms with van der Waals surface area (Å²) in [4.78, 5) is 38.3. The number of ether oxygens (including phenoxy) is 3. The number of methoxy groups -OCH3 is 2. The minimum absolute atomic E-state index is 0.279. The number of thiophene rings is 1. The lowest BCUT2D eigenvalue weighted by Crippen LogP contribution is -2.33. The van der Waals surface area contributed by atoms with Gasteiger partial charge in [0.25, 0.3) is 0 Å². The summed E-state index contributed by atoms with van der Waals surface area (Å²) in [5.74, 6) is -2.19. The van der Waals surface area contributed by atoms with Crippen LogP contribution in [0, 0.1) is 11.3 Å². The summed E-state index contributed by atoms with van der Waals surface area (Å²) in [6.07, 6.45) is 5.02. The monoisotopic (exact) mass is 432 g/mol. The van der Waals surface area contributed by atoms with Crippen LogP contribution in [0.3, 0.4) is 0 Å². The van der Waals surface area contributed by atoms with Gasteiger partial charge in [-0.15, -0.1) is 0 Å². The molecular weight excluding hydrogens is 404 g/mol. The molecule has 0 N–H and O–H groups in total. The Kier molecular flexibility index (Phi) is 6.81. The van der Waals surface area contributed by atoms with Gasteiger partial charge in [-0.25, -0.2) is 0 Å². The van der Waals surface area contributed by atoms with Crippen LogP contribution in [-0.2, 0) is 28.6 Å². The van der Waals surface area contributed by atoms with E-state index in [1.807, 2.05) is 16.8 Å². The molecule has 0 bridgehead atoms. The standard InChI is InChI=1S/C23H28O6S/c1-5-7-8-9-10-15-16(17(15)20(24)29-6-2)19-18(14-11-12-30-13-14)23(19,21(25)27-3)22(26)28-4/h11-13,17H,5-10H2,1-4H3. The van der Waals surface area contributed by atoms with Crippen LogP contribution in [0.4, 0.5) is 0 Å². The van der Waals surface area contributed by atoms with E-state index in [9.17, 15) is 14.4 Å². The Bertz CT molecular complexity index is 877. The lowest BCUT2D eigenvalue weighted by atomic mass is 9.94. The third-order valence-electron chi connectivity index (χ3n) is 5.72. The fourth-order valence-electron chi connectivity index (χ4n) is 4.26. The fraction of sp³-hybridized carbons (Fsp3) is 0.522. The van der Waals surface area contributed by atoms with Crippen LogP contribution in [0.5, 0.6) is 0 Å². The first-order valence-electron chi connectivity index (χ1n) is 10.3. The zero-order valence-electron chi connectivity index (χ0n) is 17.9. The second-order valence-electron chi connectivity index (χ2n) is 7.43. The summed E-state index contributed by atoms with van der Waals surface area (Å²) in [5, 5.41) is 3.76. The highest BCUT2D eigenvalue weighted by molar-refractivity contribution is 7.08. The van der Waals surface area contributed by atoms with Crippen LogP contribution < -0.4 is 0 Å². The van der Waals surface area contributed by atoms with Crippen molar-refractivity contribution in [3.8, 4) is 0 Å². The Hall–Kier alpha value is -2.41. The molecule has 0 fully saturated rings. The van der Waals surface area contributed by atoms with Crippen LogP contribution >= 0.6 is 11.3 Å². The summed E-state index contributed by atoms with van der Waals surface area (Å²) in [7, 11) is 2.51. The van der Waals surface area contributed by atoms with Gasteiger partial charge >= 0.3 is 17.9 Å². The van der Waals surface area contributed by atoms with E-state index >= 15 is 0 Å². The molecular formula is C23H28O6S. The first kappa shape index (κ1) is 22.3. The predicted octanol–water partition coefficient (Wildman–Crippen LogP) is 4.31. The summed E-state index contributed by atoms with van der Waals surface area (Å²) >= 11 is 1.47. The van der Waals surface area contributed by atoms with Crippen molar-refractivity contribution < 1.29 is 28.6 Å². The molecule has 6 nitrogen and oxygen atoms in total. The molecule has 30 heavy (non-hydrogen) atoms. The number of esters is 3. The SMILES string of the molecule is CCCCCCC1=C(C2=C(c3ccsc3)C2(C(=O)OC)C(=O)OC)C1C(=O)OCC. The van der Waals surface area contributed by atoms with E-state index in [0.717, 1.165) is 48.8 Å². The van der Waals surface area contributed by atoms with Gasteiger partial charge in [0.15, 0.2) is 0 Å². The molecule has 1 aromatic rings. The molecule has 7 heteroatoms. The smallest absolute Gasteiger partial charge is 0.332 e. The van der Waals surface area contributed by atoms with E-state index in [-0.39, 0.29) is 12.6 Å². The van der Waals surface area contributed by atoms with Gasteiger partial charge in [-0.2, -0.15) is 11.3 Å². The molecule has 162 valence electrons. The lowest BCUT2D eigenvalue weighted by Gasteiger charge is -2.14. The zero-order chi connectivity index (χ0) is 21.9. The van der Waals surface area contributed by atoms with E-state index in [2.05, 4.69) is 6.92 Å². The average molecular weight is 433 g/mol. The molecule has 1 aromatic heterocycles. The molecule has 3 rings (SSSR count). The van der Waals surface area contributed by atoms with Crippen LogP contribution in [0.15, 0.2) is 33.5 Å². The first-order chi connectivity index (χ1) is 14.5. The van der Waals surface area contributed by atoms with Crippen molar-refractivity contribution in [3.05, 3.63) is 39.1 Å². The maximum atomic E-state index is 12.9. The maximum absolute atomic E-state index is 12.9. The Morgan fingerprint density at radius 3 is 2.27 bits per heavy atom. The summed E-state index contributed by atoms with van der Waals surface area (Å²) in [5.41, 5.74) is 2.02. The molecule has 0 aromatic carbocycles. The number of carbonyl (C=O) groups is 3. The molecule has 0 spiro atoms. The minimum atomic E-state index is -1.60. The van der Waals surface area contributed by atoms with Gasteiger partial charge in [-0.05, 0) is 64.4 Å². The van der Waals surface area contributed by atoms with Gasteiger partial charge in [0.05, 0.1) is 20.8 Å². The van der Waals surface area contributed by atoms with Gasteiger partial charge in [-0.3, -0.25) is 14.4 Å². The van der Waals surface area contributed by atoms with E-state index in [1.165, 1.54) is 25.6 Å². The van der Waals surface area contributed by atoms with Crippen LogP contribution in [0.25, 0.3) is 5.57 Å². The highest BCUT2D eigenvalue weighted by atomic mass is 32.1. The van der Waals surface area contributed by atoms with Crippen molar-refractivity contribution in [2.75, 3.05) is 20.8 Å². The molecule has 1 heterocycles. The average Bonchev–Trinajstić information content (AvgIpc) is 3.56. The fourth-order valence-corrected chi connectivity index (χ4v) is 4.91. The molecule has 0 radical (unpaired) electrons. The van der Waals surface area contributed by atoms with Crippen molar-refractivity contribution in [1.29, 1.82) is 0 Å². The highest BCUT2D eigenvalue weighted by Gasteiger charge is 2.71. The maximum Gasteiger partial charge on any atom is 0.332 e. The van der Waals surface area contributed by atoms with Crippen molar-refractivity contribution in [2.24, 2.45) is 11.3 Å². The number of hydrogen-bond donors (Lipinski definition) is 0. The molecule has 0 amide bonds. The quantitative estimate of drug-likeness (QED) is 0.224. The Morgan fingerprint density at radius 2 is 1.73 bits per heavy atom. The van der Waals surface area contributed by atoms with Crippen molar-refractivity contribution in [1.82, 2.24) is 0 Å². The Balaban J connectivity index is 2.02.